The molecule has 0 atom stereocenters. The second kappa shape index (κ2) is 5.32. The van der Waals surface area contributed by atoms with E-state index < -0.39 is 5.60 Å². The molecular formula is C13H18N4O. The van der Waals surface area contributed by atoms with Crippen molar-refractivity contribution in [3.63, 3.8) is 0 Å². The normalized spacial score (nSPS) is 27.5. The number of nitriles is 1. The Morgan fingerprint density at radius 3 is 2.94 bits per heavy atom. The van der Waals surface area contributed by atoms with E-state index in [4.69, 9.17) is 5.26 Å². The molecule has 2 rings (SSSR count). The van der Waals surface area contributed by atoms with E-state index in [-0.39, 0.29) is 0 Å². The Kier molecular flexibility index (Phi) is 3.78. The SMILES string of the molecule is CC1CCC(O)(CNc2nnccc2C#N)CC1. The van der Waals surface area contributed by atoms with E-state index in [2.05, 4.69) is 28.5 Å². The molecule has 1 heterocycles. The van der Waals surface area contributed by atoms with Gasteiger partial charge in [-0.25, -0.2) is 0 Å². The number of hydrogen-bond donors (Lipinski definition) is 2. The zero-order valence-electron chi connectivity index (χ0n) is 10.6. The summed E-state index contributed by atoms with van der Waals surface area (Å²) in [4.78, 5) is 0. The van der Waals surface area contributed by atoms with Gasteiger partial charge < -0.3 is 10.4 Å². The largest absolute Gasteiger partial charge is 0.388 e. The van der Waals surface area contributed by atoms with Crippen LogP contribution in [0.5, 0.6) is 0 Å². The lowest BCUT2D eigenvalue weighted by molar-refractivity contribution is 0.00493. The van der Waals surface area contributed by atoms with Crippen LogP contribution in [0.4, 0.5) is 5.82 Å². The third kappa shape index (κ3) is 2.96. The minimum atomic E-state index is -0.684. The first-order chi connectivity index (χ1) is 8.63. The Bertz CT molecular complexity index is 447. The summed E-state index contributed by atoms with van der Waals surface area (Å²) in [6, 6.07) is 3.67. The van der Waals surface area contributed by atoms with Gasteiger partial charge in [0.15, 0.2) is 5.82 Å². The predicted molar refractivity (Wildman–Crippen MR) is 67.8 cm³/mol. The third-order valence-corrected chi connectivity index (χ3v) is 3.63. The molecule has 5 heteroatoms. The first-order valence-corrected chi connectivity index (χ1v) is 6.31. The predicted octanol–water partition coefficient (Wildman–Crippen LogP) is 1.70. The van der Waals surface area contributed by atoms with Crippen LogP contribution >= 0.6 is 0 Å². The average Bonchev–Trinajstić information content (AvgIpc) is 2.41. The van der Waals surface area contributed by atoms with Crippen LogP contribution in [0.15, 0.2) is 12.3 Å². The number of aromatic nitrogens is 2. The highest BCUT2D eigenvalue weighted by Crippen LogP contribution is 2.31. The molecule has 5 nitrogen and oxygen atoms in total. The standard InChI is InChI=1S/C13H18N4O/c1-10-2-5-13(18,6-3-10)9-15-12-11(8-14)4-7-16-17-12/h4,7,10,18H,2-3,5-6,9H2,1H3,(H,15,17). The van der Waals surface area contributed by atoms with Gasteiger partial charge in [-0.05, 0) is 37.7 Å². The molecule has 1 aliphatic carbocycles. The lowest BCUT2D eigenvalue weighted by Crippen LogP contribution is -2.40. The fourth-order valence-corrected chi connectivity index (χ4v) is 2.28. The summed E-state index contributed by atoms with van der Waals surface area (Å²) in [5.41, 5.74) is -0.227. The maximum absolute atomic E-state index is 10.4. The second-order valence-corrected chi connectivity index (χ2v) is 5.17. The smallest absolute Gasteiger partial charge is 0.166 e. The first kappa shape index (κ1) is 12.8. The van der Waals surface area contributed by atoms with Crippen molar-refractivity contribution in [2.45, 2.75) is 38.2 Å². The lowest BCUT2D eigenvalue weighted by Gasteiger charge is -2.35. The summed E-state index contributed by atoms with van der Waals surface area (Å²) in [5.74, 6) is 1.14. The Morgan fingerprint density at radius 1 is 1.56 bits per heavy atom. The van der Waals surface area contributed by atoms with Gasteiger partial charge in [0.1, 0.15) is 6.07 Å². The molecule has 0 aromatic carbocycles. The van der Waals surface area contributed by atoms with Gasteiger partial charge in [0.25, 0.3) is 0 Å². The van der Waals surface area contributed by atoms with Crippen LogP contribution in [0, 0.1) is 17.2 Å². The molecule has 96 valence electrons. The van der Waals surface area contributed by atoms with Crippen LogP contribution in [-0.4, -0.2) is 27.4 Å². The van der Waals surface area contributed by atoms with E-state index >= 15 is 0 Å². The molecule has 0 amide bonds. The average molecular weight is 246 g/mol. The molecule has 0 spiro atoms. The van der Waals surface area contributed by atoms with Crippen LogP contribution in [-0.2, 0) is 0 Å². The molecule has 1 aromatic heterocycles. The molecule has 1 fully saturated rings. The second-order valence-electron chi connectivity index (χ2n) is 5.17. The van der Waals surface area contributed by atoms with Gasteiger partial charge in [-0.3, -0.25) is 0 Å². The highest BCUT2D eigenvalue weighted by Gasteiger charge is 2.31. The zero-order chi connectivity index (χ0) is 13.0. The highest BCUT2D eigenvalue weighted by molar-refractivity contribution is 5.50. The quantitative estimate of drug-likeness (QED) is 0.848. The molecular weight excluding hydrogens is 228 g/mol. The van der Waals surface area contributed by atoms with E-state index in [1.54, 1.807) is 6.07 Å². The molecule has 0 saturated heterocycles. The number of nitrogens with one attached hydrogen (secondary N) is 1. The number of hydrogen-bond acceptors (Lipinski definition) is 5. The van der Waals surface area contributed by atoms with Crippen molar-refractivity contribution < 1.29 is 5.11 Å². The van der Waals surface area contributed by atoms with Crippen molar-refractivity contribution in [1.82, 2.24) is 10.2 Å². The molecule has 0 unspecified atom stereocenters. The fraction of sp³-hybridized carbons (Fsp3) is 0.615. The minimum absolute atomic E-state index is 0.424. The van der Waals surface area contributed by atoms with Gasteiger partial charge in [-0.2, -0.15) is 10.4 Å². The summed E-state index contributed by atoms with van der Waals surface area (Å²) < 4.78 is 0. The fourth-order valence-electron chi connectivity index (χ4n) is 2.28. The number of anilines is 1. The van der Waals surface area contributed by atoms with Crippen molar-refractivity contribution >= 4 is 5.82 Å². The Morgan fingerprint density at radius 2 is 2.28 bits per heavy atom. The van der Waals surface area contributed by atoms with Gasteiger partial charge in [0.05, 0.1) is 17.4 Å². The molecule has 0 bridgehead atoms. The van der Waals surface area contributed by atoms with Crippen molar-refractivity contribution in [3.8, 4) is 6.07 Å². The summed E-state index contributed by atoms with van der Waals surface area (Å²) in [5, 5.41) is 30.0. The first-order valence-electron chi connectivity index (χ1n) is 6.31. The maximum Gasteiger partial charge on any atom is 0.166 e. The Balaban J connectivity index is 1.97. The summed E-state index contributed by atoms with van der Waals surface area (Å²) in [6.07, 6.45) is 5.17. The van der Waals surface area contributed by atoms with Crippen LogP contribution < -0.4 is 5.32 Å². The molecule has 0 radical (unpaired) electrons. The topological polar surface area (TPSA) is 81.8 Å². The number of aliphatic hydroxyl groups is 1. The summed E-state index contributed by atoms with van der Waals surface area (Å²) in [6.45, 7) is 2.64. The molecule has 18 heavy (non-hydrogen) atoms. The van der Waals surface area contributed by atoms with E-state index in [0.717, 1.165) is 25.7 Å². The lowest BCUT2D eigenvalue weighted by atomic mass is 9.79. The van der Waals surface area contributed by atoms with Crippen molar-refractivity contribution in [1.29, 1.82) is 5.26 Å². The van der Waals surface area contributed by atoms with Crippen LogP contribution in [0.1, 0.15) is 38.2 Å². The highest BCUT2D eigenvalue weighted by atomic mass is 16.3. The summed E-state index contributed by atoms with van der Waals surface area (Å²) in [7, 11) is 0. The van der Waals surface area contributed by atoms with E-state index in [1.165, 1.54) is 6.20 Å². The molecule has 2 N–H and O–H groups in total. The van der Waals surface area contributed by atoms with Gasteiger partial charge in [0, 0.05) is 6.54 Å². The maximum atomic E-state index is 10.4. The molecule has 1 aromatic rings. The van der Waals surface area contributed by atoms with E-state index in [0.29, 0.717) is 23.8 Å². The number of nitrogens with zero attached hydrogens (tertiary/aromatic N) is 3. The van der Waals surface area contributed by atoms with Gasteiger partial charge in [0.2, 0.25) is 0 Å². The van der Waals surface area contributed by atoms with E-state index in [9.17, 15) is 5.11 Å². The monoisotopic (exact) mass is 246 g/mol. The van der Waals surface area contributed by atoms with Gasteiger partial charge in [-0.15, -0.1) is 5.10 Å². The van der Waals surface area contributed by atoms with Crippen LogP contribution in [0.3, 0.4) is 0 Å². The Labute approximate surface area is 107 Å². The zero-order valence-corrected chi connectivity index (χ0v) is 10.6. The number of rotatable bonds is 3. The summed E-state index contributed by atoms with van der Waals surface area (Å²) >= 11 is 0. The Hall–Kier alpha value is -1.67. The molecule has 1 aliphatic rings. The molecule has 1 saturated carbocycles. The van der Waals surface area contributed by atoms with E-state index in [1.807, 2.05) is 0 Å². The van der Waals surface area contributed by atoms with Crippen molar-refractivity contribution in [2.24, 2.45) is 5.92 Å². The molecule has 0 aliphatic heterocycles. The van der Waals surface area contributed by atoms with Crippen molar-refractivity contribution in [2.75, 3.05) is 11.9 Å². The third-order valence-electron chi connectivity index (χ3n) is 3.63. The van der Waals surface area contributed by atoms with Crippen LogP contribution in [0.25, 0.3) is 0 Å². The van der Waals surface area contributed by atoms with Gasteiger partial charge in [-0.1, -0.05) is 6.92 Å². The minimum Gasteiger partial charge on any atom is -0.388 e. The van der Waals surface area contributed by atoms with Crippen LogP contribution in [0.2, 0.25) is 0 Å². The van der Waals surface area contributed by atoms with Gasteiger partial charge >= 0.3 is 0 Å². The van der Waals surface area contributed by atoms with Crippen molar-refractivity contribution in [3.05, 3.63) is 17.8 Å².